The molecular formula is C33H36F2N6O3S. The molecule has 3 aromatic carbocycles. The molecule has 5 rings (SSSR count). The molecule has 3 amide bonds. The first-order chi connectivity index (χ1) is 21.8. The van der Waals surface area contributed by atoms with Crippen LogP contribution in [0.3, 0.4) is 0 Å². The Kier molecular flexibility index (Phi) is 10.5. The molecule has 2 heterocycles. The molecule has 1 aliphatic rings. The lowest BCUT2D eigenvalue weighted by atomic mass is 10.0. The fourth-order valence-corrected chi connectivity index (χ4v) is 6.48. The molecule has 4 aromatic rings. The number of nitrogens with two attached hydrogens (primary N) is 1. The number of aromatic amines is 1. The van der Waals surface area contributed by atoms with Gasteiger partial charge in [-0.3, -0.25) is 14.4 Å². The minimum absolute atomic E-state index is 0.00193. The van der Waals surface area contributed by atoms with E-state index in [0.717, 1.165) is 45.9 Å². The lowest BCUT2D eigenvalue weighted by Crippen LogP contribution is -2.52. The first-order valence-corrected chi connectivity index (χ1v) is 15.6. The summed E-state index contributed by atoms with van der Waals surface area (Å²) in [4.78, 5) is 45.6. The first kappa shape index (κ1) is 32.1. The summed E-state index contributed by atoms with van der Waals surface area (Å²) >= 11 is 1.05. The van der Waals surface area contributed by atoms with Crippen LogP contribution in [-0.4, -0.2) is 59.8 Å². The molecule has 236 valence electrons. The van der Waals surface area contributed by atoms with Gasteiger partial charge in [0.15, 0.2) is 0 Å². The van der Waals surface area contributed by atoms with Crippen LogP contribution in [0.4, 0.5) is 8.78 Å². The summed E-state index contributed by atoms with van der Waals surface area (Å²) in [5.41, 5.74) is 8.17. The number of rotatable bonds is 5. The van der Waals surface area contributed by atoms with Crippen molar-refractivity contribution in [1.29, 1.82) is 0 Å². The van der Waals surface area contributed by atoms with Crippen LogP contribution in [0.5, 0.6) is 0 Å². The van der Waals surface area contributed by atoms with Crippen molar-refractivity contribution in [3.63, 3.8) is 0 Å². The van der Waals surface area contributed by atoms with Crippen LogP contribution in [0.25, 0.3) is 10.9 Å². The van der Waals surface area contributed by atoms with E-state index in [1.54, 1.807) is 18.3 Å². The van der Waals surface area contributed by atoms with Gasteiger partial charge in [-0.05, 0) is 54.8 Å². The van der Waals surface area contributed by atoms with Gasteiger partial charge in [0.05, 0.1) is 17.5 Å². The summed E-state index contributed by atoms with van der Waals surface area (Å²) in [6.45, 7) is 0.0135. The fraction of sp³-hybridized carbons (Fsp3) is 0.303. The molecule has 1 aromatic heterocycles. The largest absolute Gasteiger partial charge is 0.361 e. The summed E-state index contributed by atoms with van der Waals surface area (Å²) in [7, 11) is 1.49. The number of halogens is 2. The van der Waals surface area contributed by atoms with Crippen LogP contribution < -0.4 is 21.7 Å². The van der Waals surface area contributed by atoms with Crippen molar-refractivity contribution in [3.05, 3.63) is 95.2 Å². The minimum atomic E-state index is -1.01. The fourth-order valence-electron chi connectivity index (χ4n) is 5.38. The third-order valence-electron chi connectivity index (χ3n) is 8.00. The van der Waals surface area contributed by atoms with E-state index in [4.69, 9.17) is 5.73 Å². The summed E-state index contributed by atoms with van der Waals surface area (Å²) in [5.74, 6) is -2.70. The lowest BCUT2D eigenvalue weighted by Gasteiger charge is -2.28. The summed E-state index contributed by atoms with van der Waals surface area (Å²) < 4.78 is 30.6. The molecule has 2 atom stereocenters. The van der Waals surface area contributed by atoms with Gasteiger partial charge in [0, 0.05) is 54.1 Å². The van der Waals surface area contributed by atoms with E-state index in [0.29, 0.717) is 24.3 Å². The predicted molar refractivity (Wildman–Crippen MR) is 169 cm³/mol. The molecule has 9 nitrogen and oxygen atoms in total. The predicted octanol–water partition coefficient (Wildman–Crippen LogP) is 3.61. The van der Waals surface area contributed by atoms with E-state index in [2.05, 4.69) is 20.9 Å². The molecule has 0 saturated carbocycles. The Bertz CT molecular complexity index is 1700. The van der Waals surface area contributed by atoms with Crippen molar-refractivity contribution < 1.29 is 23.2 Å². The van der Waals surface area contributed by atoms with Crippen LogP contribution in [0.2, 0.25) is 0 Å². The number of nitrogens with one attached hydrogen (secondary N) is 4. The molecular weight excluding hydrogens is 598 g/mol. The van der Waals surface area contributed by atoms with Crippen molar-refractivity contribution in [2.45, 2.75) is 54.2 Å². The molecule has 0 spiro atoms. The number of fused-ring (bicyclic) bond motifs is 3. The summed E-state index contributed by atoms with van der Waals surface area (Å²) in [6.07, 6.45) is 2.93. The normalized spacial score (nSPS) is 18.6. The number of hydrogen-bond donors (Lipinski definition) is 5. The smallest absolute Gasteiger partial charge is 0.243 e. The zero-order valence-corrected chi connectivity index (χ0v) is 25.7. The molecule has 0 radical (unpaired) electrons. The topological polar surface area (TPSA) is 132 Å². The van der Waals surface area contributed by atoms with E-state index in [9.17, 15) is 14.4 Å². The Balaban J connectivity index is 1.52. The van der Waals surface area contributed by atoms with Crippen molar-refractivity contribution >= 4 is 40.4 Å². The number of para-hydroxylation sites is 1. The van der Waals surface area contributed by atoms with Crippen molar-refractivity contribution in [1.82, 2.24) is 25.8 Å². The molecule has 0 fully saturated rings. The van der Waals surface area contributed by atoms with Gasteiger partial charge in [-0.2, -0.15) is 0 Å². The van der Waals surface area contributed by atoms with E-state index in [-0.39, 0.29) is 42.4 Å². The second-order valence-electron chi connectivity index (χ2n) is 10.9. The molecule has 2 unspecified atom stereocenters. The van der Waals surface area contributed by atoms with Gasteiger partial charge in [-0.15, -0.1) is 0 Å². The van der Waals surface area contributed by atoms with Crippen LogP contribution in [0, 0.1) is 11.6 Å². The Morgan fingerprint density at radius 2 is 1.64 bits per heavy atom. The highest BCUT2D eigenvalue weighted by atomic mass is 32.2. The number of carbonyl (C=O) groups is 3. The van der Waals surface area contributed by atoms with E-state index in [1.807, 2.05) is 36.4 Å². The molecule has 0 aliphatic carbocycles. The Labute approximate surface area is 264 Å². The minimum Gasteiger partial charge on any atom is -0.361 e. The van der Waals surface area contributed by atoms with Gasteiger partial charge in [-0.25, -0.2) is 8.78 Å². The van der Waals surface area contributed by atoms with E-state index >= 15 is 8.78 Å². The van der Waals surface area contributed by atoms with E-state index < -0.39 is 35.5 Å². The van der Waals surface area contributed by atoms with Gasteiger partial charge in [0.25, 0.3) is 0 Å². The lowest BCUT2D eigenvalue weighted by molar-refractivity contribution is -0.139. The number of aromatic nitrogens is 1. The van der Waals surface area contributed by atoms with Crippen LogP contribution in [0.15, 0.2) is 76.7 Å². The zero-order chi connectivity index (χ0) is 31.9. The average molecular weight is 635 g/mol. The number of hydrogen-bond acceptors (Lipinski definition) is 6. The summed E-state index contributed by atoms with van der Waals surface area (Å²) in [6, 6.07) is 15.3. The first-order valence-electron chi connectivity index (χ1n) is 14.8. The van der Waals surface area contributed by atoms with Gasteiger partial charge in [-0.1, -0.05) is 48.2 Å². The standard InChI is InChI=1S/C33H36F2N6O3S/c1-41-28(15-21-17-37-26-9-4-3-8-22(21)26)33(44)39-18-23-24(34)12-13-25(35)31(23)45-29-11-5-2-7-20(29)16-38-27(10-6-14-36)32(43)40-19-30(41)42/h2-5,7-9,11-13,17,27-28,37-38H,6,10,14-16,18-19,36H2,1H3,(H,39,44)(H,40,43). The van der Waals surface area contributed by atoms with Gasteiger partial charge < -0.3 is 31.6 Å². The van der Waals surface area contributed by atoms with Crippen molar-refractivity contribution in [2.75, 3.05) is 20.1 Å². The molecule has 0 saturated heterocycles. The Morgan fingerprint density at radius 3 is 2.47 bits per heavy atom. The molecule has 0 bridgehead atoms. The molecule has 1 aliphatic heterocycles. The molecule has 45 heavy (non-hydrogen) atoms. The number of nitrogens with zero attached hydrogens (tertiary/aromatic N) is 1. The second kappa shape index (κ2) is 14.7. The van der Waals surface area contributed by atoms with Crippen molar-refractivity contribution in [2.24, 2.45) is 5.73 Å². The zero-order valence-electron chi connectivity index (χ0n) is 24.9. The van der Waals surface area contributed by atoms with Crippen molar-refractivity contribution in [3.8, 4) is 0 Å². The quantitative estimate of drug-likeness (QED) is 0.228. The Morgan fingerprint density at radius 1 is 0.911 bits per heavy atom. The van der Waals surface area contributed by atoms with Crippen LogP contribution in [0.1, 0.15) is 29.5 Å². The van der Waals surface area contributed by atoms with Crippen LogP contribution >= 0.6 is 11.8 Å². The van der Waals surface area contributed by atoms with Gasteiger partial charge in [0.1, 0.15) is 17.7 Å². The monoisotopic (exact) mass is 634 g/mol. The molecule has 6 N–H and O–H groups in total. The van der Waals surface area contributed by atoms with Gasteiger partial charge >= 0.3 is 0 Å². The Hall–Kier alpha value is -4.26. The third-order valence-corrected chi connectivity index (χ3v) is 9.26. The van der Waals surface area contributed by atoms with Crippen LogP contribution in [-0.2, 0) is 33.9 Å². The van der Waals surface area contributed by atoms with Gasteiger partial charge in [0.2, 0.25) is 17.7 Å². The second-order valence-corrected chi connectivity index (χ2v) is 12.0. The number of H-pyrrole nitrogens is 1. The maximum absolute atomic E-state index is 15.3. The van der Waals surface area contributed by atoms with E-state index in [1.165, 1.54) is 11.9 Å². The average Bonchev–Trinajstić information content (AvgIpc) is 3.46. The number of amides is 3. The highest BCUT2D eigenvalue weighted by Gasteiger charge is 2.30. The number of benzene rings is 3. The maximum Gasteiger partial charge on any atom is 0.243 e. The highest BCUT2D eigenvalue weighted by Crippen LogP contribution is 2.36. The SMILES string of the molecule is CN1C(=O)CNC(=O)C(CCCN)NCc2ccccc2Sc2c(F)ccc(F)c2CNC(=O)C1Cc1c[nH]c2ccccc12. The summed E-state index contributed by atoms with van der Waals surface area (Å²) in [5, 5.41) is 9.61. The molecule has 12 heteroatoms. The third kappa shape index (κ3) is 7.52. The number of carbonyl (C=O) groups excluding carboxylic acids is 3. The number of likely N-dealkylation sites (N-methyl/N-ethyl adjacent to an activating group) is 1. The highest BCUT2D eigenvalue weighted by molar-refractivity contribution is 7.99. The maximum atomic E-state index is 15.3.